The number of anilines is 1. The van der Waals surface area contributed by atoms with E-state index in [2.05, 4.69) is 10.3 Å². The summed E-state index contributed by atoms with van der Waals surface area (Å²) in [4.78, 5) is 5.11. The Kier molecular flexibility index (Phi) is 4.74. The molecule has 0 amide bonds. The number of pyridine rings is 1. The van der Waals surface area contributed by atoms with Crippen molar-refractivity contribution in [1.82, 2.24) is 4.98 Å². The maximum Gasteiger partial charge on any atom is 0.159 e. The Balaban J connectivity index is 2.01. The van der Waals surface area contributed by atoms with E-state index in [1.165, 1.54) is 17.8 Å². The normalized spacial score (nSPS) is 10.5. The average Bonchev–Trinajstić information content (AvgIpc) is 2.41. The molecule has 0 bridgehead atoms. The lowest BCUT2D eigenvalue weighted by atomic mass is 10.3. The van der Waals surface area contributed by atoms with E-state index in [9.17, 15) is 8.78 Å². The van der Waals surface area contributed by atoms with Crippen LogP contribution in [0.5, 0.6) is 0 Å². The molecule has 0 atom stereocenters. The van der Waals surface area contributed by atoms with Gasteiger partial charge in [0.15, 0.2) is 11.6 Å². The molecular weight excluding hydrogens is 266 g/mol. The van der Waals surface area contributed by atoms with Crippen molar-refractivity contribution in [1.29, 1.82) is 0 Å². The zero-order chi connectivity index (χ0) is 13.7. The second-order valence-electron chi connectivity index (χ2n) is 3.91. The molecule has 1 N–H and O–H groups in total. The third-order valence-electron chi connectivity index (χ3n) is 2.44. The van der Waals surface area contributed by atoms with Gasteiger partial charge in [-0.15, -0.1) is 11.8 Å². The van der Waals surface area contributed by atoms with Gasteiger partial charge in [-0.1, -0.05) is 6.07 Å². The van der Waals surface area contributed by atoms with Gasteiger partial charge in [-0.25, -0.2) is 13.8 Å². The third kappa shape index (κ3) is 3.92. The first-order valence-electron chi connectivity index (χ1n) is 5.96. The quantitative estimate of drug-likeness (QED) is 0.835. The van der Waals surface area contributed by atoms with Crippen LogP contribution in [0, 0.1) is 11.6 Å². The molecule has 0 aliphatic carbocycles. The van der Waals surface area contributed by atoms with Gasteiger partial charge in [0.2, 0.25) is 0 Å². The number of aromatic nitrogens is 1. The molecule has 1 aromatic heterocycles. The molecule has 5 heteroatoms. The van der Waals surface area contributed by atoms with Crippen LogP contribution in [0.4, 0.5) is 14.6 Å². The summed E-state index contributed by atoms with van der Waals surface area (Å²) in [5.74, 6) is -0.202. The lowest BCUT2D eigenvalue weighted by Gasteiger charge is -2.05. The van der Waals surface area contributed by atoms with E-state index in [-0.39, 0.29) is 0 Å². The summed E-state index contributed by atoms with van der Waals surface area (Å²) in [6.45, 7) is 2.82. The number of benzene rings is 1. The van der Waals surface area contributed by atoms with Crippen LogP contribution in [0.15, 0.2) is 41.3 Å². The van der Waals surface area contributed by atoms with Crippen molar-refractivity contribution in [3.8, 4) is 0 Å². The summed E-state index contributed by atoms with van der Waals surface area (Å²) in [6.07, 6.45) is 0. The van der Waals surface area contributed by atoms with Gasteiger partial charge in [0.25, 0.3) is 0 Å². The highest BCUT2D eigenvalue weighted by molar-refractivity contribution is 7.98. The second-order valence-corrected chi connectivity index (χ2v) is 4.96. The summed E-state index contributed by atoms with van der Waals surface area (Å²) >= 11 is 1.43. The van der Waals surface area contributed by atoms with Crippen LogP contribution in [-0.4, -0.2) is 11.5 Å². The fourth-order valence-corrected chi connectivity index (χ4v) is 2.39. The van der Waals surface area contributed by atoms with E-state index in [1.54, 1.807) is 6.07 Å². The van der Waals surface area contributed by atoms with Crippen LogP contribution in [0.1, 0.15) is 12.6 Å². The average molecular weight is 280 g/mol. The molecule has 2 rings (SSSR count). The van der Waals surface area contributed by atoms with E-state index in [4.69, 9.17) is 0 Å². The van der Waals surface area contributed by atoms with Crippen molar-refractivity contribution in [2.45, 2.75) is 17.6 Å². The number of halogens is 2. The minimum absolute atomic E-state index is 0.615. The van der Waals surface area contributed by atoms with E-state index in [0.29, 0.717) is 10.6 Å². The number of thioether (sulfide) groups is 1. The molecule has 1 heterocycles. The molecule has 0 spiro atoms. The SMILES string of the molecule is CCNc1cccc(CSc2ccc(F)c(F)c2)n1. The Morgan fingerprint density at radius 3 is 2.74 bits per heavy atom. The molecule has 0 saturated carbocycles. The van der Waals surface area contributed by atoms with E-state index in [0.717, 1.165) is 24.1 Å². The Morgan fingerprint density at radius 2 is 2.00 bits per heavy atom. The Bertz CT molecular complexity index is 561. The van der Waals surface area contributed by atoms with Gasteiger partial charge >= 0.3 is 0 Å². The number of nitrogens with zero attached hydrogens (tertiary/aromatic N) is 1. The van der Waals surface area contributed by atoms with Crippen molar-refractivity contribution in [2.75, 3.05) is 11.9 Å². The van der Waals surface area contributed by atoms with Crippen molar-refractivity contribution >= 4 is 17.6 Å². The fraction of sp³-hybridized carbons (Fsp3) is 0.214. The molecule has 2 aromatic rings. The van der Waals surface area contributed by atoms with Crippen LogP contribution in [0.2, 0.25) is 0 Å². The highest BCUT2D eigenvalue weighted by atomic mass is 32.2. The minimum atomic E-state index is -0.823. The van der Waals surface area contributed by atoms with Gasteiger partial charge in [-0.2, -0.15) is 0 Å². The molecule has 19 heavy (non-hydrogen) atoms. The molecule has 0 fully saturated rings. The second kappa shape index (κ2) is 6.52. The smallest absolute Gasteiger partial charge is 0.159 e. The Hall–Kier alpha value is -1.62. The van der Waals surface area contributed by atoms with Crippen molar-refractivity contribution < 1.29 is 8.78 Å². The molecule has 100 valence electrons. The zero-order valence-electron chi connectivity index (χ0n) is 10.5. The molecule has 2 nitrogen and oxygen atoms in total. The number of hydrogen-bond donors (Lipinski definition) is 1. The third-order valence-corrected chi connectivity index (χ3v) is 3.47. The zero-order valence-corrected chi connectivity index (χ0v) is 11.3. The summed E-state index contributed by atoms with van der Waals surface area (Å²) in [6, 6.07) is 9.64. The largest absolute Gasteiger partial charge is 0.370 e. The predicted molar refractivity (Wildman–Crippen MR) is 74.3 cm³/mol. The van der Waals surface area contributed by atoms with E-state index < -0.39 is 11.6 Å². The predicted octanol–water partition coefficient (Wildman–Crippen LogP) is 4.08. The lowest BCUT2D eigenvalue weighted by Crippen LogP contribution is -2.00. The molecule has 0 saturated heterocycles. The standard InChI is InChI=1S/C14H14F2N2S/c1-2-17-14-5-3-4-10(18-14)9-19-11-6-7-12(15)13(16)8-11/h3-8H,2,9H2,1H3,(H,17,18). The van der Waals surface area contributed by atoms with Crippen molar-refractivity contribution in [2.24, 2.45) is 0 Å². The van der Waals surface area contributed by atoms with Crippen LogP contribution in [-0.2, 0) is 5.75 Å². The number of hydrogen-bond acceptors (Lipinski definition) is 3. The van der Waals surface area contributed by atoms with E-state index in [1.807, 2.05) is 25.1 Å². The monoisotopic (exact) mass is 280 g/mol. The Labute approximate surface area is 115 Å². The summed E-state index contributed by atoms with van der Waals surface area (Å²) in [5, 5.41) is 3.13. The van der Waals surface area contributed by atoms with Crippen LogP contribution < -0.4 is 5.32 Å². The highest BCUT2D eigenvalue weighted by Gasteiger charge is 2.04. The molecular formula is C14H14F2N2S. The van der Waals surface area contributed by atoms with Crippen LogP contribution >= 0.6 is 11.8 Å². The first-order valence-corrected chi connectivity index (χ1v) is 6.95. The molecule has 0 aliphatic rings. The van der Waals surface area contributed by atoms with Gasteiger partial charge in [0, 0.05) is 17.2 Å². The van der Waals surface area contributed by atoms with Crippen LogP contribution in [0.25, 0.3) is 0 Å². The van der Waals surface area contributed by atoms with Gasteiger partial charge in [-0.05, 0) is 37.3 Å². The number of nitrogens with one attached hydrogen (secondary N) is 1. The lowest BCUT2D eigenvalue weighted by molar-refractivity contribution is 0.506. The maximum atomic E-state index is 13.1. The molecule has 0 unspecified atom stereocenters. The molecule has 0 radical (unpaired) electrons. The van der Waals surface area contributed by atoms with Gasteiger partial charge in [0.1, 0.15) is 5.82 Å². The number of rotatable bonds is 5. The topological polar surface area (TPSA) is 24.9 Å². The van der Waals surface area contributed by atoms with Crippen LogP contribution in [0.3, 0.4) is 0 Å². The summed E-state index contributed by atoms with van der Waals surface area (Å²) < 4.78 is 25.9. The van der Waals surface area contributed by atoms with Crippen molar-refractivity contribution in [3.63, 3.8) is 0 Å². The molecule has 0 aliphatic heterocycles. The van der Waals surface area contributed by atoms with Crippen molar-refractivity contribution in [3.05, 3.63) is 53.7 Å². The highest BCUT2D eigenvalue weighted by Crippen LogP contribution is 2.24. The van der Waals surface area contributed by atoms with Gasteiger partial charge in [-0.3, -0.25) is 0 Å². The molecule has 1 aromatic carbocycles. The summed E-state index contributed by atoms with van der Waals surface area (Å²) in [5.41, 5.74) is 0.896. The first kappa shape index (κ1) is 13.8. The Morgan fingerprint density at radius 1 is 1.16 bits per heavy atom. The first-order chi connectivity index (χ1) is 9.19. The minimum Gasteiger partial charge on any atom is -0.370 e. The van der Waals surface area contributed by atoms with Gasteiger partial charge in [0.05, 0.1) is 5.69 Å². The summed E-state index contributed by atoms with van der Waals surface area (Å²) in [7, 11) is 0. The van der Waals surface area contributed by atoms with E-state index >= 15 is 0 Å². The maximum absolute atomic E-state index is 13.1. The van der Waals surface area contributed by atoms with Gasteiger partial charge < -0.3 is 5.32 Å². The fourth-order valence-electron chi connectivity index (χ4n) is 1.56.